The summed E-state index contributed by atoms with van der Waals surface area (Å²) in [5.41, 5.74) is 0.906. The number of aromatic nitrogens is 3. The minimum absolute atomic E-state index is 0.0316. The van der Waals surface area contributed by atoms with E-state index >= 15 is 0 Å². The van der Waals surface area contributed by atoms with Gasteiger partial charge in [-0.2, -0.15) is 0 Å². The highest BCUT2D eigenvalue weighted by molar-refractivity contribution is 7.13. The van der Waals surface area contributed by atoms with Gasteiger partial charge in [-0.1, -0.05) is 20.8 Å². The topological polar surface area (TPSA) is 51.8 Å². The molecular formula is C15H19F2N3OS. The zero-order chi connectivity index (χ0) is 16.0. The Kier molecular flexibility index (Phi) is 3.79. The van der Waals surface area contributed by atoms with Crippen molar-refractivity contribution in [3.63, 3.8) is 0 Å². The molecule has 1 aliphatic rings. The Morgan fingerprint density at radius 2 is 2.05 bits per heavy atom. The number of thiazole rings is 1. The van der Waals surface area contributed by atoms with Crippen molar-refractivity contribution in [2.24, 2.45) is 11.3 Å². The van der Waals surface area contributed by atoms with E-state index in [1.165, 1.54) is 11.3 Å². The van der Waals surface area contributed by atoms with E-state index in [1.54, 1.807) is 0 Å². The van der Waals surface area contributed by atoms with Crippen LogP contribution in [0.3, 0.4) is 0 Å². The Bertz CT molecular complexity index is 652. The first-order valence-corrected chi connectivity index (χ1v) is 8.23. The van der Waals surface area contributed by atoms with Crippen LogP contribution in [0, 0.1) is 11.3 Å². The average Bonchev–Trinajstić information content (AvgIpc) is 2.93. The van der Waals surface area contributed by atoms with Crippen molar-refractivity contribution in [1.82, 2.24) is 15.2 Å². The molecule has 0 amide bonds. The lowest BCUT2D eigenvalue weighted by atomic mass is 9.79. The Labute approximate surface area is 132 Å². The summed E-state index contributed by atoms with van der Waals surface area (Å²) in [4.78, 5) is 4.44. The average molecular weight is 327 g/mol. The van der Waals surface area contributed by atoms with E-state index < -0.39 is 5.92 Å². The molecule has 2 aromatic heterocycles. The molecule has 0 bridgehead atoms. The molecule has 7 heteroatoms. The minimum Gasteiger partial charge on any atom is -0.419 e. The van der Waals surface area contributed by atoms with E-state index in [2.05, 4.69) is 36.0 Å². The summed E-state index contributed by atoms with van der Waals surface area (Å²) in [6.45, 7) is 6.31. The van der Waals surface area contributed by atoms with Crippen molar-refractivity contribution < 1.29 is 13.2 Å². The van der Waals surface area contributed by atoms with Gasteiger partial charge in [-0.25, -0.2) is 13.8 Å². The van der Waals surface area contributed by atoms with E-state index in [9.17, 15) is 8.78 Å². The van der Waals surface area contributed by atoms with Crippen LogP contribution in [0.25, 0.3) is 10.9 Å². The van der Waals surface area contributed by atoms with Gasteiger partial charge in [0.15, 0.2) is 5.01 Å². The molecule has 22 heavy (non-hydrogen) atoms. The van der Waals surface area contributed by atoms with E-state index in [0.29, 0.717) is 29.6 Å². The lowest BCUT2D eigenvalue weighted by Crippen LogP contribution is -2.36. The van der Waals surface area contributed by atoms with Gasteiger partial charge in [0.05, 0.1) is 5.69 Å². The molecule has 2 aromatic rings. The third-order valence-electron chi connectivity index (χ3n) is 3.56. The zero-order valence-corrected chi connectivity index (χ0v) is 13.7. The Morgan fingerprint density at radius 3 is 2.68 bits per heavy atom. The van der Waals surface area contributed by atoms with Crippen molar-refractivity contribution in [3.8, 4) is 10.9 Å². The Morgan fingerprint density at radius 1 is 1.32 bits per heavy atom. The fraction of sp³-hybridized carbons (Fsp3) is 0.667. The first-order valence-electron chi connectivity index (χ1n) is 7.35. The molecule has 1 saturated carbocycles. The molecule has 3 rings (SSSR count). The second-order valence-electron chi connectivity index (χ2n) is 7.22. The van der Waals surface area contributed by atoms with Gasteiger partial charge in [0, 0.05) is 24.6 Å². The predicted octanol–water partition coefficient (Wildman–Crippen LogP) is 4.37. The van der Waals surface area contributed by atoms with Crippen molar-refractivity contribution in [2.45, 2.75) is 52.4 Å². The number of alkyl halides is 2. The van der Waals surface area contributed by atoms with Gasteiger partial charge >= 0.3 is 0 Å². The molecule has 0 atom stereocenters. The number of halogens is 2. The summed E-state index contributed by atoms with van der Waals surface area (Å²) in [6.07, 6.45) is 1.23. The molecule has 0 aliphatic heterocycles. The molecule has 0 aromatic carbocycles. The molecule has 1 aliphatic carbocycles. The van der Waals surface area contributed by atoms with Crippen molar-refractivity contribution >= 4 is 11.3 Å². The normalized spacial score (nSPS) is 18.4. The standard InChI is InChI=1S/C15H19F2N3OS/c1-14(2,3)7-11-19-20-12(21-11)13-18-10(8-22-13)4-9-5-15(16,17)6-9/h8-9H,4-7H2,1-3H3. The quantitative estimate of drug-likeness (QED) is 0.837. The molecule has 0 radical (unpaired) electrons. The highest BCUT2D eigenvalue weighted by atomic mass is 32.1. The van der Waals surface area contributed by atoms with Gasteiger partial charge in [-0.15, -0.1) is 21.5 Å². The molecule has 0 N–H and O–H groups in total. The summed E-state index contributed by atoms with van der Waals surface area (Å²) >= 11 is 1.42. The smallest absolute Gasteiger partial charge is 0.276 e. The third-order valence-corrected chi connectivity index (χ3v) is 4.43. The highest BCUT2D eigenvalue weighted by Crippen LogP contribution is 2.44. The maximum Gasteiger partial charge on any atom is 0.276 e. The van der Waals surface area contributed by atoms with Gasteiger partial charge < -0.3 is 4.42 Å². The van der Waals surface area contributed by atoms with Crippen molar-refractivity contribution in [3.05, 3.63) is 17.0 Å². The first kappa shape index (κ1) is 15.5. The minimum atomic E-state index is -2.47. The summed E-state index contributed by atoms with van der Waals surface area (Å²) in [5, 5.41) is 10.6. The van der Waals surface area contributed by atoms with Crippen LogP contribution in [-0.2, 0) is 12.8 Å². The van der Waals surface area contributed by atoms with Crippen molar-refractivity contribution in [2.75, 3.05) is 0 Å². The van der Waals surface area contributed by atoms with Crippen LogP contribution in [0.4, 0.5) is 8.78 Å². The van der Waals surface area contributed by atoms with Crippen LogP contribution in [0.15, 0.2) is 9.80 Å². The Balaban J connectivity index is 1.64. The van der Waals surface area contributed by atoms with E-state index in [0.717, 1.165) is 5.69 Å². The molecule has 1 fully saturated rings. The second-order valence-corrected chi connectivity index (χ2v) is 8.07. The molecule has 0 unspecified atom stereocenters. The summed E-state index contributed by atoms with van der Waals surface area (Å²) in [5.74, 6) is -1.44. The maximum atomic E-state index is 12.8. The molecule has 4 nitrogen and oxygen atoms in total. The van der Waals surface area contributed by atoms with Gasteiger partial charge in [0.2, 0.25) is 11.8 Å². The Hall–Kier alpha value is -1.37. The second kappa shape index (κ2) is 5.37. The number of rotatable bonds is 4. The van der Waals surface area contributed by atoms with Crippen LogP contribution in [0.2, 0.25) is 0 Å². The molecular weight excluding hydrogens is 308 g/mol. The molecule has 120 valence electrons. The lowest BCUT2D eigenvalue weighted by molar-refractivity contribution is -0.109. The van der Waals surface area contributed by atoms with Crippen LogP contribution in [0.5, 0.6) is 0 Å². The number of nitrogens with zero attached hydrogens (tertiary/aromatic N) is 3. The fourth-order valence-electron chi connectivity index (χ4n) is 2.59. The number of hydrogen-bond acceptors (Lipinski definition) is 5. The van der Waals surface area contributed by atoms with Gasteiger partial charge in [-0.05, 0) is 17.8 Å². The lowest BCUT2D eigenvalue weighted by Gasteiger charge is -2.34. The van der Waals surface area contributed by atoms with Crippen molar-refractivity contribution in [1.29, 1.82) is 0 Å². The van der Waals surface area contributed by atoms with E-state index in [-0.39, 0.29) is 24.2 Å². The van der Waals surface area contributed by atoms with E-state index in [1.807, 2.05) is 5.38 Å². The van der Waals surface area contributed by atoms with E-state index in [4.69, 9.17) is 4.42 Å². The zero-order valence-electron chi connectivity index (χ0n) is 12.9. The monoisotopic (exact) mass is 327 g/mol. The maximum absolute atomic E-state index is 12.8. The van der Waals surface area contributed by atoms with Crippen LogP contribution < -0.4 is 0 Å². The molecule has 2 heterocycles. The molecule has 0 saturated heterocycles. The highest BCUT2D eigenvalue weighted by Gasteiger charge is 2.45. The summed E-state index contributed by atoms with van der Waals surface area (Å²) in [7, 11) is 0. The van der Waals surface area contributed by atoms with Gasteiger partial charge in [0.25, 0.3) is 5.89 Å². The van der Waals surface area contributed by atoms with Gasteiger partial charge in [0.1, 0.15) is 0 Å². The van der Waals surface area contributed by atoms with Crippen LogP contribution in [0.1, 0.15) is 45.2 Å². The largest absolute Gasteiger partial charge is 0.419 e. The molecule has 0 spiro atoms. The third kappa shape index (κ3) is 3.69. The number of hydrogen-bond donors (Lipinski definition) is 0. The summed E-state index contributed by atoms with van der Waals surface area (Å²) in [6, 6.07) is 0. The van der Waals surface area contributed by atoms with Crippen LogP contribution >= 0.6 is 11.3 Å². The first-order chi connectivity index (χ1) is 10.2. The van der Waals surface area contributed by atoms with Gasteiger partial charge in [-0.3, -0.25) is 0 Å². The fourth-order valence-corrected chi connectivity index (χ4v) is 3.34. The predicted molar refractivity (Wildman–Crippen MR) is 79.9 cm³/mol. The SMILES string of the molecule is CC(C)(C)Cc1nnc(-c2nc(CC3CC(F)(F)C3)cs2)o1. The van der Waals surface area contributed by atoms with Crippen LogP contribution in [-0.4, -0.2) is 21.1 Å². The summed E-state index contributed by atoms with van der Waals surface area (Å²) < 4.78 is 31.3.